The molecule has 0 aromatic heterocycles. The second-order valence-electron chi connectivity index (χ2n) is 4.10. The van der Waals surface area contributed by atoms with E-state index in [0.717, 1.165) is 19.3 Å². The van der Waals surface area contributed by atoms with Crippen molar-refractivity contribution in [3.05, 3.63) is 33.9 Å². The van der Waals surface area contributed by atoms with Crippen LogP contribution in [0.15, 0.2) is 12.1 Å². The molecule has 0 radical (unpaired) electrons. The standard InChI is InChI=1S/C11H11F2NO3/c12-9-4-8(14(15)16)5-10(13)11(9)17-6-7-2-1-3-7/h4-5,7H,1-3,6H2. The zero-order valence-corrected chi connectivity index (χ0v) is 8.99. The summed E-state index contributed by atoms with van der Waals surface area (Å²) in [6, 6.07) is 1.33. The van der Waals surface area contributed by atoms with Crippen molar-refractivity contribution < 1.29 is 18.4 Å². The highest BCUT2D eigenvalue weighted by Crippen LogP contribution is 2.30. The first-order valence-electron chi connectivity index (χ1n) is 5.34. The average Bonchev–Trinajstić information content (AvgIpc) is 2.18. The van der Waals surface area contributed by atoms with E-state index in [1.807, 2.05) is 0 Å². The van der Waals surface area contributed by atoms with E-state index in [-0.39, 0.29) is 6.61 Å². The van der Waals surface area contributed by atoms with Crippen LogP contribution in [0.5, 0.6) is 5.75 Å². The van der Waals surface area contributed by atoms with E-state index < -0.39 is 28.0 Å². The van der Waals surface area contributed by atoms with Crippen molar-refractivity contribution in [1.82, 2.24) is 0 Å². The number of ether oxygens (including phenoxy) is 1. The minimum Gasteiger partial charge on any atom is -0.487 e. The number of nitro benzene ring substituents is 1. The van der Waals surface area contributed by atoms with Crippen LogP contribution in [0.25, 0.3) is 0 Å². The Bertz CT molecular complexity index is 423. The van der Waals surface area contributed by atoms with E-state index in [4.69, 9.17) is 4.74 Å². The van der Waals surface area contributed by atoms with E-state index >= 15 is 0 Å². The summed E-state index contributed by atoms with van der Waals surface area (Å²) in [5, 5.41) is 10.4. The zero-order chi connectivity index (χ0) is 12.4. The van der Waals surface area contributed by atoms with Crippen molar-refractivity contribution in [3.8, 4) is 5.75 Å². The monoisotopic (exact) mass is 243 g/mol. The normalized spacial score (nSPS) is 15.4. The third-order valence-electron chi connectivity index (χ3n) is 2.88. The van der Waals surface area contributed by atoms with Crippen LogP contribution in [0.1, 0.15) is 19.3 Å². The quantitative estimate of drug-likeness (QED) is 0.603. The molecule has 1 saturated carbocycles. The van der Waals surface area contributed by atoms with Crippen LogP contribution in [0.3, 0.4) is 0 Å². The van der Waals surface area contributed by atoms with E-state index in [1.54, 1.807) is 0 Å². The summed E-state index contributed by atoms with van der Waals surface area (Å²) in [5.41, 5.74) is -0.615. The van der Waals surface area contributed by atoms with Gasteiger partial charge in [-0.1, -0.05) is 6.42 Å². The van der Waals surface area contributed by atoms with Crippen LogP contribution >= 0.6 is 0 Å². The zero-order valence-electron chi connectivity index (χ0n) is 8.99. The first-order valence-corrected chi connectivity index (χ1v) is 5.34. The molecule has 0 atom stereocenters. The SMILES string of the molecule is O=[N+]([O-])c1cc(F)c(OCC2CCC2)c(F)c1. The highest BCUT2D eigenvalue weighted by Gasteiger charge is 2.22. The smallest absolute Gasteiger partial charge is 0.275 e. The molecule has 0 amide bonds. The van der Waals surface area contributed by atoms with E-state index in [9.17, 15) is 18.9 Å². The van der Waals surface area contributed by atoms with Gasteiger partial charge in [0.05, 0.1) is 23.7 Å². The molecule has 0 bridgehead atoms. The van der Waals surface area contributed by atoms with Crippen LogP contribution in [0.4, 0.5) is 14.5 Å². The van der Waals surface area contributed by atoms with Crippen LogP contribution < -0.4 is 4.74 Å². The van der Waals surface area contributed by atoms with Gasteiger partial charge < -0.3 is 4.74 Å². The minimum absolute atomic E-state index is 0.256. The summed E-state index contributed by atoms with van der Waals surface area (Å²) < 4.78 is 31.8. The molecule has 1 aromatic carbocycles. The number of benzene rings is 1. The Kier molecular flexibility index (Phi) is 3.21. The Balaban J connectivity index is 2.12. The van der Waals surface area contributed by atoms with E-state index in [0.29, 0.717) is 18.1 Å². The van der Waals surface area contributed by atoms with Crippen molar-refractivity contribution in [1.29, 1.82) is 0 Å². The number of rotatable bonds is 4. The summed E-state index contributed by atoms with van der Waals surface area (Å²) >= 11 is 0. The average molecular weight is 243 g/mol. The summed E-state index contributed by atoms with van der Waals surface area (Å²) in [5.74, 6) is -2.25. The molecule has 1 aromatic rings. The van der Waals surface area contributed by atoms with Gasteiger partial charge in [-0.3, -0.25) is 10.1 Å². The van der Waals surface area contributed by atoms with Gasteiger partial charge in [-0.05, 0) is 18.8 Å². The molecule has 1 aliphatic carbocycles. The molecule has 4 nitrogen and oxygen atoms in total. The fraction of sp³-hybridized carbons (Fsp3) is 0.455. The topological polar surface area (TPSA) is 52.4 Å². The van der Waals surface area contributed by atoms with Crippen molar-refractivity contribution in [2.45, 2.75) is 19.3 Å². The van der Waals surface area contributed by atoms with Gasteiger partial charge in [-0.25, -0.2) is 8.78 Å². The van der Waals surface area contributed by atoms with Crippen molar-refractivity contribution >= 4 is 5.69 Å². The highest BCUT2D eigenvalue weighted by molar-refractivity contribution is 5.39. The molecule has 92 valence electrons. The molecule has 0 heterocycles. The number of non-ortho nitro benzene ring substituents is 1. The molecule has 0 aliphatic heterocycles. The van der Waals surface area contributed by atoms with Gasteiger partial charge in [-0.2, -0.15) is 0 Å². The Morgan fingerprint density at radius 1 is 1.35 bits per heavy atom. The molecule has 0 unspecified atom stereocenters. The molecule has 17 heavy (non-hydrogen) atoms. The summed E-state index contributed by atoms with van der Waals surface area (Å²) in [6.45, 7) is 0.256. The predicted octanol–water partition coefficient (Wildman–Crippen LogP) is 3.05. The lowest BCUT2D eigenvalue weighted by molar-refractivity contribution is -0.385. The Labute approximate surface area is 96.3 Å². The Morgan fingerprint density at radius 3 is 2.35 bits per heavy atom. The Hall–Kier alpha value is -1.72. The number of hydrogen-bond donors (Lipinski definition) is 0. The third-order valence-corrected chi connectivity index (χ3v) is 2.88. The van der Waals surface area contributed by atoms with Gasteiger partial charge in [0.2, 0.25) is 0 Å². The highest BCUT2D eigenvalue weighted by atomic mass is 19.1. The van der Waals surface area contributed by atoms with Crippen LogP contribution in [0.2, 0.25) is 0 Å². The molecule has 1 aliphatic rings. The fourth-order valence-corrected chi connectivity index (χ4v) is 1.65. The van der Waals surface area contributed by atoms with Crippen molar-refractivity contribution in [2.24, 2.45) is 5.92 Å². The summed E-state index contributed by atoms with van der Waals surface area (Å²) in [7, 11) is 0. The molecule has 0 spiro atoms. The van der Waals surface area contributed by atoms with Gasteiger partial charge >= 0.3 is 0 Å². The Morgan fingerprint density at radius 2 is 1.94 bits per heavy atom. The summed E-state index contributed by atoms with van der Waals surface area (Å²) in [6.07, 6.45) is 3.10. The first-order chi connectivity index (χ1) is 8.08. The maximum Gasteiger partial charge on any atom is 0.275 e. The second-order valence-corrected chi connectivity index (χ2v) is 4.10. The number of nitro groups is 1. The van der Waals surface area contributed by atoms with Crippen LogP contribution in [-0.2, 0) is 0 Å². The molecular formula is C11H11F2NO3. The number of nitrogens with zero attached hydrogens (tertiary/aromatic N) is 1. The number of halogens is 2. The molecule has 1 fully saturated rings. The maximum absolute atomic E-state index is 13.4. The lowest BCUT2D eigenvalue weighted by Crippen LogP contribution is -2.20. The molecule has 0 saturated heterocycles. The molecule has 0 N–H and O–H groups in total. The van der Waals surface area contributed by atoms with Crippen LogP contribution in [-0.4, -0.2) is 11.5 Å². The van der Waals surface area contributed by atoms with Crippen molar-refractivity contribution in [2.75, 3.05) is 6.61 Å². The minimum atomic E-state index is -1.03. The first kappa shape index (κ1) is 11.8. The maximum atomic E-state index is 13.4. The fourth-order valence-electron chi connectivity index (χ4n) is 1.65. The lowest BCUT2D eigenvalue weighted by atomic mass is 9.86. The van der Waals surface area contributed by atoms with E-state index in [2.05, 4.69) is 0 Å². The molecule has 6 heteroatoms. The predicted molar refractivity (Wildman–Crippen MR) is 55.8 cm³/mol. The van der Waals surface area contributed by atoms with Gasteiger partial charge in [0, 0.05) is 0 Å². The van der Waals surface area contributed by atoms with E-state index in [1.165, 1.54) is 0 Å². The molecule has 2 rings (SSSR count). The third kappa shape index (κ3) is 2.51. The van der Waals surface area contributed by atoms with Gasteiger partial charge in [0.25, 0.3) is 5.69 Å². The lowest BCUT2D eigenvalue weighted by Gasteiger charge is -2.25. The van der Waals surface area contributed by atoms with Gasteiger partial charge in [-0.15, -0.1) is 0 Å². The largest absolute Gasteiger partial charge is 0.487 e. The second kappa shape index (κ2) is 4.65. The summed E-state index contributed by atoms with van der Waals surface area (Å²) in [4.78, 5) is 9.52. The van der Waals surface area contributed by atoms with Crippen molar-refractivity contribution in [3.63, 3.8) is 0 Å². The van der Waals surface area contributed by atoms with Gasteiger partial charge in [0.15, 0.2) is 17.4 Å². The van der Waals surface area contributed by atoms with Crippen LogP contribution in [0, 0.1) is 27.7 Å². The molecular weight excluding hydrogens is 232 g/mol. The number of hydrogen-bond acceptors (Lipinski definition) is 3. The van der Waals surface area contributed by atoms with Gasteiger partial charge in [0.1, 0.15) is 0 Å².